The zero-order chi connectivity index (χ0) is 21.4. The van der Waals surface area contributed by atoms with Gasteiger partial charge in [-0.25, -0.2) is 9.98 Å². The topological polar surface area (TPSA) is 52.6 Å². The van der Waals surface area contributed by atoms with Crippen molar-refractivity contribution in [2.24, 2.45) is 4.99 Å². The van der Waals surface area contributed by atoms with Gasteiger partial charge in [-0.05, 0) is 61.6 Å². The molecule has 1 saturated heterocycles. The Hall–Kier alpha value is -2.77. The zero-order valence-corrected chi connectivity index (χ0v) is 17.2. The molecule has 1 fully saturated rings. The summed E-state index contributed by atoms with van der Waals surface area (Å²) in [6.07, 6.45) is 0.540. The van der Waals surface area contributed by atoms with Crippen LogP contribution in [0.5, 0.6) is 0 Å². The average molecular weight is 419 g/mol. The summed E-state index contributed by atoms with van der Waals surface area (Å²) in [5.74, 6) is 1.68. The number of aliphatic imine (C=N–C) groups is 1. The molecule has 1 aromatic carbocycles. The van der Waals surface area contributed by atoms with Crippen molar-refractivity contribution >= 4 is 11.8 Å². The number of guanidine groups is 1. The van der Waals surface area contributed by atoms with E-state index in [4.69, 9.17) is 0 Å². The molecular weight excluding hydrogens is 391 g/mol. The summed E-state index contributed by atoms with van der Waals surface area (Å²) in [6, 6.07) is 9.33. The highest BCUT2D eigenvalue weighted by molar-refractivity contribution is 5.79. The van der Waals surface area contributed by atoms with Crippen LogP contribution in [0.1, 0.15) is 36.5 Å². The second-order valence-corrected chi connectivity index (χ2v) is 7.28. The highest BCUT2D eigenvalue weighted by atomic mass is 19.4. The van der Waals surface area contributed by atoms with Crippen molar-refractivity contribution in [3.8, 4) is 0 Å². The van der Waals surface area contributed by atoms with E-state index in [2.05, 4.69) is 31.6 Å². The summed E-state index contributed by atoms with van der Waals surface area (Å²) < 4.78 is 38.0. The van der Waals surface area contributed by atoms with Crippen molar-refractivity contribution < 1.29 is 13.2 Å². The van der Waals surface area contributed by atoms with Gasteiger partial charge in [0.25, 0.3) is 0 Å². The number of benzene rings is 1. The maximum atomic E-state index is 12.7. The predicted octanol–water partition coefficient (Wildman–Crippen LogP) is 4.00. The fraction of sp³-hybridized carbons (Fsp3) is 0.455. The lowest BCUT2D eigenvalue weighted by atomic mass is 10.1. The summed E-state index contributed by atoms with van der Waals surface area (Å²) >= 11 is 0. The third-order valence-corrected chi connectivity index (χ3v) is 4.99. The smallest absolute Gasteiger partial charge is 0.357 e. The Labute approximate surface area is 175 Å². The van der Waals surface area contributed by atoms with Gasteiger partial charge in [0.15, 0.2) is 5.96 Å². The van der Waals surface area contributed by atoms with Gasteiger partial charge < -0.3 is 15.5 Å². The molecule has 1 aliphatic heterocycles. The van der Waals surface area contributed by atoms with Crippen LogP contribution in [-0.4, -0.2) is 37.1 Å². The Bertz CT molecular complexity index is 827. The lowest BCUT2D eigenvalue weighted by Gasteiger charge is -2.16. The normalized spacial score (nSPS) is 14.8. The molecule has 1 aromatic heterocycles. The van der Waals surface area contributed by atoms with E-state index in [1.807, 2.05) is 19.2 Å². The first kappa shape index (κ1) is 21.9. The first-order valence-corrected chi connectivity index (χ1v) is 10.3. The van der Waals surface area contributed by atoms with Crippen molar-refractivity contribution in [1.29, 1.82) is 0 Å². The quantitative estimate of drug-likeness (QED) is 0.526. The molecule has 0 atom stereocenters. The molecule has 5 nitrogen and oxygen atoms in total. The third kappa shape index (κ3) is 6.37. The van der Waals surface area contributed by atoms with E-state index in [0.29, 0.717) is 25.5 Å². The molecule has 0 radical (unpaired) electrons. The Kier molecular flexibility index (Phi) is 7.54. The summed E-state index contributed by atoms with van der Waals surface area (Å²) in [4.78, 5) is 11.4. The molecule has 3 rings (SSSR count). The number of rotatable bonds is 7. The molecule has 0 aliphatic carbocycles. The van der Waals surface area contributed by atoms with E-state index < -0.39 is 11.7 Å². The first-order valence-electron chi connectivity index (χ1n) is 10.3. The highest BCUT2D eigenvalue weighted by Crippen LogP contribution is 2.29. The molecule has 0 amide bonds. The van der Waals surface area contributed by atoms with Crippen LogP contribution in [0.25, 0.3) is 0 Å². The standard InChI is InChI=1S/C22H28F3N5/c1-2-26-21(28-12-9-17-5-7-19(8-6-17)22(23,24)25)29-16-18-10-11-27-20(15-18)30-13-3-4-14-30/h5-8,10-11,15H,2-4,9,12-14,16H2,1H3,(H2,26,28,29). The van der Waals surface area contributed by atoms with Gasteiger partial charge in [-0.15, -0.1) is 0 Å². The van der Waals surface area contributed by atoms with Crippen molar-refractivity contribution in [3.05, 3.63) is 59.3 Å². The van der Waals surface area contributed by atoms with Gasteiger partial charge in [-0.3, -0.25) is 0 Å². The van der Waals surface area contributed by atoms with Gasteiger partial charge >= 0.3 is 6.18 Å². The van der Waals surface area contributed by atoms with Crippen LogP contribution in [0.4, 0.5) is 19.0 Å². The monoisotopic (exact) mass is 419 g/mol. The van der Waals surface area contributed by atoms with Gasteiger partial charge in [0.05, 0.1) is 12.1 Å². The van der Waals surface area contributed by atoms with E-state index >= 15 is 0 Å². The molecule has 8 heteroatoms. The van der Waals surface area contributed by atoms with Crippen LogP contribution < -0.4 is 15.5 Å². The third-order valence-electron chi connectivity index (χ3n) is 4.99. The molecule has 1 aliphatic rings. The minimum Gasteiger partial charge on any atom is -0.357 e. The number of hydrogen-bond donors (Lipinski definition) is 2. The summed E-state index contributed by atoms with van der Waals surface area (Å²) in [6.45, 7) is 5.92. The number of nitrogens with zero attached hydrogens (tertiary/aromatic N) is 3. The van der Waals surface area contributed by atoms with Gasteiger partial charge in [-0.1, -0.05) is 12.1 Å². The lowest BCUT2D eigenvalue weighted by molar-refractivity contribution is -0.137. The number of alkyl halides is 3. The van der Waals surface area contributed by atoms with Gasteiger partial charge in [0.1, 0.15) is 5.82 Å². The van der Waals surface area contributed by atoms with Crippen molar-refractivity contribution in [2.75, 3.05) is 31.1 Å². The number of pyridine rings is 1. The summed E-state index contributed by atoms with van der Waals surface area (Å²) in [5.41, 5.74) is 1.31. The Morgan fingerprint density at radius 3 is 2.47 bits per heavy atom. The number of anilines is 1. The van der Waals surface area contributed by atoms with Crippen molar-refractivity contribution in [1.82, 2.24) is 15.6 Å². The molecule has 0 unspecified atom stereocenters. The van der Waals surface area contributed by atoms with Crippen LogP contribution in [-0.2, 0) is 19.1 Å². The van der Waals surface area contributed by atoms with E-state index in [9.17, 15) is 13.2 Å². The predicted molar refractivity (Wildman–Crippen MR) is 114 cm³/mol. The summed E-state index contributed by atoms with van der Waals surface area (Å²) in [7, 11) is 0. The first-order chi connectivity index (χ1) is 14.5. The van der Waals surface area contributed by atoms with Crippen molar-refractivity contribution in [2.45, 2.75) is 38.9 Å². The molecular formula is C22H28F3N5. The fourth-order valence-electron chi connectivity index (χ4n) is 3.38. The fourth-order valence-corrected chi connectivity index (χ4v) is 3.38. The molecule has 2 heterocycles. The van der Waals surface area contributed by atoms with E-state index in [-0.39, 0.29) is 0 Å². The lowest BCUT2D eigenvalue weighted by Crippen LogP contribution is -2.38. The van der Waals surface area contributed by atoms with E-state index in [0.717, 1.165) is 48.7 Å². The highest BCUT2D eigenvalue weighted by Gasteiger charge is 2.29. The van der Waals surface area contributed by atoms with Gasteiger partial charge in [0, 0.05) is 32.4 Å². The van der Waals surface area contributed by atoms with Crippen LogP contribution in [0.2, 0.25) is 0 Å². The summed E-state index contributed by atoms with van der Waals surface area (Å²) in [5, 5.41) is 6.45. The van der Waals surface area contributed by atoms with Crippen LogP contribution in [0, 0.1) is 0 Å². The largest absolute Gasteiger partial charge is 0.416 e. The molecule has 30 heavy (non-hydrogen) atoms. The molecule has 2 N–H and O–H groups in total. The van der Waals surface area contributed by atoms with E-state index in [1.54, 1.807) is 0 Å². The van der Waals surface area contributed by atoms with Gasteiger partial charge in [0.2, 0.25) is 0 Å². The van der Waals surface area contributed by atoms with Crippen LogP contribution >= 0.6 is 0 Å². The van der Waals surface area contributed by atoms with Crippen LogP contribution in [0.15, 0.2) is 47.6 Å². The molecule has 0 saturated carbocycles. The maximum absolute atomic E-state index is 12.7. The number of nitrogens with one attached hydrogen (secondary N) is 2. The molecule has 0 bridgehead atoms. The number of halogens is 3. The SMILES string of the molecule is CCNC(=NCc1ccnc(N2CCCC2)c1)NCCc1ccc(C(F)(F)F)cc1. The second kappa shape index (κ2) is 10.3. The number of aromatic nitrogens is 1. The Morgan fingerprint density at radius 2 is 1.80 bits per heavy atom. The maximum Gasteiger partial charge on any atom is 0.416 e. The second-order valence-electron chi connectivity index (χ2n) is 7.28. The van der Waals surface area contributed by atoms with E-state index in [1.165, 1.54) is 25.0 Å². The minimum atomic E-state index is -4.30. The number of hydrogen-bond acceptors (Lipinski definition) is 3. The Balaban J connectivity index is 1.54. The molecule has 162 valence electrons. The minimum absolute atomic E-state index is 0.527. The van der Waals surface area contributed by atoms with Gasteiger partial charge in [-0.2, -0.15) is 13.2 Å². The Morgan fingerprint density at radius 1 is 1.07 bits per heavy atom. The van der Waals surface area contributed by atoms with Crippen molar-refractivity contribution in [3.63, 3.8) is 0 Å². The average Bonchev–Trinajstić information content (AvgIpc) is 3.27. The van der Waals surface area contributed by atoms with Crippen LogP contribution in [0.3, 0.4) is 0 Å². The zero-order valence-electron chi connectivity index (χ0n) is 17.2. The molecule has 0 spiro atoms. The molecule has 2 aromatic rings.